The number of hydrogen-bond donors (Lipinski definition) is 3. The number of carboxylic acids is 1. The maximum absolute atomic E-state index is 12.2. The van der Waals surface area contributed by atoms with Gasteiger partial charge >= 0.3 is 5.97 Å². The average molecular weight is 278 g/mol. The first-order chi connectivity index (χ1) is 9.52. The molecule has 6 heteroatoms. The van der Waals surface area contributed by atoms with Gasteiger partial charge in [0.25, 0.3) is 0 Å². The second-order valence-corrected chi connectivity index (χ2v) is 4.90. The largest absolute Gasteiger partial charge is 0.497 e. The normalized spacial score (nSPS) is 21.5. The summed E-state index contributed by atoms with van der Waals surface area (Å²) in [6.07, 6.45) is 0.933. The SMILES string of the molecule is COc1ccc(C(=O)O)c(NC(=O)C2NCCC2C)c1. The molecule has 0 bridgehead atoms. The molecular formula is C14H18N2O4. The van der Waals surface area contributed by atoms with Crippen molar-refractivity contribution in [3.63, 3.8) is 0 Å². The van der Waals surface area contributed by atoms with E-state index in [9.17, 15) is 9.59 Å². The third-order valence-electron chi connectivity index (χ3n) is 3.53. The molecule has 1 aromatic rings. The maximum Gasteiger partial charge on any atom is 0.337 e. The summed E-state index contributed by atoms with van der Waals surface area (Å²) >= 11 is 0. The van der Waals surface area contributed by atoms with Crippen LogP contribution in [0.1, 0.15) is 23.7 Å². The van der Waals surface area contributed by atoms with Crippen molar-refractivity contribution in [3.05, 3.63) is 23.8 Å². The summed E-state index contributed by atoms with van der Waals surface area (Å²) in [5, 5.41) is 14.9. The van der Waals surface area contributed by atoms with Crippen LogP contribution in [0.25, 0.3) is 0 Å². The summed E-state index contributed by atoms with van der Waals surface area (Å²) in [4.78, 5) is 23.4. The molecule has 108 valence electrons. The lowest BCUT2D eigenvalue weighted by atomic mass is 10.0. The van der Waals surface area contributed by atoms with Crippen molar-refractivity contribution in [1.82, 2.24) is 5.32 Å². The van der Waals surface area contributed by atoms with Crippen molar-refractivity contribution in [1.29, 1.82) is 0 Å². The van der Waals surface area contributed by atoms with Gasteiger partial charge in [0.1, 0.15) is 5.75 Å². The summed E-state index contributed by atoms with van der Waals surface area (Å²) in [5.74, 6) is -0.576. The van der Waals surface area contributed by atoms with Crippen LogP contribution in [0.5, 0.6) is 5.75 Å². The molecule has 2 atom stereocenters. The minimum absolute atomic E-state index is 0.0461. The number of carboxylic acid groups (broad SMARTS) is 1. The van der Waals surface area contributed by atoms with Gasteiger partial charge in [0.2, 0.25) is 5.91 Å². The minimum atomic E-state index is -1.09. The molecule has 0 spiro atoms. The molecule has 3 N–H and O–H groups in total. The van der Waals surface area contributed by atoms with Crippen LogP contribution in [-0.4, -0.2) is 36.7 Å². The standard InChI is InChI=1S/C14H18N2O4/c1-8-5-6-15-12(8)13(17)16-11-7-9(20-2)3-4-10(11)14(18)19/h3-4,7-8,12,15H,5-6H2,1-2H3,(H,16,17)(H,18,19). The molecular weight excluding hydrogens is 260 g/mol. The Morgan fingerprint density at radius 1 is 1.45 bits per heavy atom. The van der Waals surface area contributed by atoms with E-state index in [1.54, 1.807) is 6.07 Å². The minimum Gasteiger partial charge on any atom is -0.497 e. The maximum atomic E-state index is 12.2. The molecule has 2 unspecified atom stereocenters. The number of anilines is 1. The predicted octanol–water partition coefficient (Wildman–Crippen LogP) is 1.33. The van der Waals surface area contributed by atoms with Crippen molar-refractivity contribution in [3.8, 4) is 5.75 Å². The van der Waals surface area contributed by atoms with Crippen LogP contribution in [0.2, 0.25) is 0 Å². The van der Waals surface area contributed by atoms with Gasteiger partial charge in [0.15, 0.2) is 0 Å². The highest BCUT2D eigenvalue weighted by Crippen LogP contribution is 2.24. The first-order valence-electron chi connectivity index (χ1n) is 6.48. The van der Waals surface area contributed by atoms with Crippen LogP contribution >= 0.6 is 0 Å². The summed E-state index contributed by atoms with van der Waals surface area (Å²) in [6, 6.07) is 4.20. The van der Waals surface area contributed by atoms with Crippen molar-refractivity contribution in [2.24, 2.45) is 5.92 Å². The van der Waals surface area contributed by atoms with E-state index in [2.05, 4.69) is 10.6 Å². The first-order valence-corrected chi connectivity index (χ1v) is 6.48. The summed E-state index contributed by atoms with van der Waals surface area (Å²) in [6.45, 7) is 2.79. The van der Waals surface area contributed by atoms with Gasteiger partial charge in [0, 0.05) is 6.07 Å². The number of benzene rings is 1. The molecule has 0 aliphatic carbocycles. The monoisotopic (exact) mass is 278 g/mol. The second-order valence-electron chi connectivity index (χ2n) is 4.90. The zero-order chi connectivity index (χ0) is 14.7. The highest BCUT2D eigenvalue weighted by Gasteiger charge is 2.29. The van der Waals surface area contributed by atoms with Crippen molar-refractivity contribution < 1.29 is 19.4 Å². The van der Waals surface area contributed by atoms with Crippen molar-refractivity contribution in [2.75, 3.05) is 19.0 Å². The average Bonchev–Trinajstić information content (AvgIpc) is 2.84. The fourth-order valence-corrected chi connectivity index (χ4v) is 2.34. The topological polar surface area (TPSA) is 87.7 Å². The van der Waals surface area contributed by atoms with Gasteiger partial charge in [-0.15, -0.1) is 0 Å². The van der Waals surface area contributed by atoms with Crippen LogP contribution in [0.3, 0.4) is 0 Å². The Balaban J connectivity index is 2.22. The summed E-state index contributed by atoms with van der Waals surface area (Å²) < 4.78 is 5.06. The van der Waals surface area contributed by atoms with Crippen LogP contribution in [0, 0.1) is 5.92 Å². The smallest absolute Gasteiger partial charge is 0.337 e. The third-order valence-corrected chi connectivity index (χ3v) is 3.53. The number of methoxy groups -OCH3 is 1. The van der Waals surface area contributed by atoms with E-state index in [0.717, 1.165) is 13.0 Å². The molecule has 1 amide bonds. The molecule has 1 heterocycles. The van der Waals surface area contributed by atoms with Gasteiger partial charge in [-0.1, -0.05) is 6.92 Å². The molecule has 0 aromatic heterocycles. The first kappa shape index (κ1) is 14.3. The second kappa shape index (κ2) is 5.92. The number of hydrogen-bond acceptors (Lipinski definition) is 4. The van der Waals surface area contributed by atoms with Gasteiger partial charge in [-0.2, -0.15) is 0 Å². The summed E-state index contributed by atoms with van der Waals surface area (Å²) in [7, 11) is 1.49. The van der Waals surface area contributed by atoms with Crippen LogP contribution in [0.15, 0.2) is 18.2 Å². The molecule has 0 radical (unpaired) electrons. The van der Waals surface area contributed by atoms with E-state index in [-0.39, 0.29) is 29.1 Å². The molecule has 6 nitrogen and oxygen atoms in total. The Morgan fingerprint density at radius 2 is 2.20 bits per heavy atom. The fourth-order valence-electron chi connectivity index (χ4n) is 2.34. The Morgan fingerprint density at radius 3 is 2.75 bits per heavy atom. The molecule has 1 fully saturated rings. The van der Waals surface area contributed by atoms with Gasteiger partial charge < -0.3 is 20.5 Å². The predicted molar refractivity (Wildman–Crippen MR) is 74.2 cm³/mol. The van der Waals surface area contributed by atoms with Crippen LogP contribution in [-0.2, 0) is 4.79 Å². The third kappa shape index (κ3) is 2.91. The number of aromatic carboxylic acids is 1. The quantitative estimate of drug-likeness (QED) is 0.773. The van der Waals surface area contributed by atoms with Crippen molar-refractivity contribution >= 4 is 17.6 Å². The van der Waals surface area contributed by atoms with E-state index >= 15 is 0 Å². The highest BCUT2D eigenvalue weighted by atomic mass is 16.5. The van der Waals surface area contributed by atoms with E-state index in [1.807, 2.05) is 6.92 Å². The molecule has 20 heavy (non-hydrogen) atoms. The number of ether oxygens (including phenoxy) is 1. The van der Waals surface area contributed by atoms with Gasteiger partial charge in [-0.25, -0.2) is 4.79 Å². The number of nitrogens with one attached hydrogen (secondary N) is 2. The number of rotatable bonds is 4. The zero-order valence-electron chi connectivity index (χ0n) is 11.5. The Bertz CT molecular complexity index is 530. The number of carbonyl (C=O) groups is 2. The number of amides is 1. The lowest BCUT2D eigenvalue weighted by Crippen LogP contribution is -2.39. The van der Waals surface area contributed by atoms with Gasteiger partial charge in [0.05, 0.1) is 24.4 Å². The van der Waals surface area contributed by atoms with E-state index < -0.39 is 5.97 Å². The van der Waals surface area contributed by atoms with Crippen LogP contribution < -0.4 is 15.4 Å². The molecule has 0 saturated carbocycles. The number of carbonyl (C=O) groups excluding carboxylic acids is 1. The molecule has 1 aromatic carbocycles. The Labute approximate surface area is 117 Å². The highest BCUT2D eigenvalue weighted by molar-refractivity contribution is 6.02. The fraction of sp³-hybridized carbons (Fsp3) is 0.429. The van der Waals surface area contributed by atoms with Gasteiger partial charge in [-0.05, 0) is 31.0 Å². The van der Waals surface area contributed by atoms with Crippen molar-refractivity contribution in [2.45, 2.75) is 19.4 Å². The molecule has 1 aliphatic heterocycles. The Hall–Kier alpha value is -2.08. The summed E-state index contributed by atoms with van der Waals surface area (Å²) in [5.41, 5.74) is 0.299. The molecule has 1 aliphatic rings. The lowest BCUT2D eigenvalue weighted by Gasteiger charge is -2.17. The molecule has 1 saturated heterocycles. The zero-order valence-corrected chi connectivity index (χ0v) is 11.5. The van der Waals surface area contributed by atoms with Gasteiger partial charge in [-0.3, -0.25) is 4.79 Å². The molecule has 2 rings (SSSR count). The van der Waals surface area contributed by atoms with E-state index in [1.165, 1.54) is 19.2 Å². The van der Waals surface area contributed by atoms with E-state index in [4.69, 9.17) is 9.84 Å². The Kier molecular flexibility index (Phi) is 4.24. The van der Waals surface area contributed by atoms with Crippen LogP contribution in [0.4, 0.5) is 5.69 Å². The van der Waals surface area contributed by atoms with E-state index in [0.29, 0.717) is 5.75 Å². The lowest BCUT2D eigenvalue weighted by molar-refractivity contribution is -0.118.